The van der Waals surface area contributed by atoms with E-state index in [0.717, 1.165) is 5.65 Å². The van der Waals surface area contributed by atoms with Crippen molar-refractivity contribution >= 4 is 40.7 Å². The van der Waals surface area contributed by atoms with Crippen LogP contribution in [0.2, 0.25) is 13.1 Å². The number of hydrogen-bond acceptors (Lipinski definition) is 1. The number of aromatic nitrogens is 2. The molecule has 23 heavy (non-hydrogen) atoms. The zero-order valence-electron chi connectivity index (χ0n) is 14.0. The van der Waals surface area contributed by atoms with Crippen LogP contribution in [-0.4, -0.2) is 17.5 Å². The Bertz CT molecular complexity index is 1120. The van der Waals surface area contributed by atoms with Crippen LogP contribution < -0.4 is 5.32 Å². The molecule has 0 N–H and O–H groups in total. The van der Waals surface area contributed by atoms with Gasteiger partial charge in [0.15, 0.2) is 0 Å². The second-order valence-corrected chi connectivity index (χ2v) is 12.8. The molecule has 0 spiro atoms. The quantitative estimate of drug-likeness (QED) is 0.347. The van der Waals surface area contributed by atoms with E-state index in [9.17, 15) is 0 Å². The van der Waals surface area contributed by atoms with Gasteiger partial charge in [0.05, 0.1) is 5.52 Å². The first-order chi connectivity index (χ1) is 10.9. The molecule has 0 radical (unpaired) electrons. The number of imidazole rings is 1. The second-order valence-electron chi connectivity index (χ2n) is 7.80. The molecule has 3 heteroatoms. The van der Waals surface area contributed by atoms with Crippen molar-refractivity contribution < 1.29 is 0 Å². The summed E-state index contributed by atoms with van der Waals surface area (Å²) in [5, 5.41) is 5.56. The van der Waals surface area contributed by atoms with E-state index in [1.807, 2.05) is 0 Å². The predicted octanol–water partition coefficient (Wildman–Crippen LogP) is 4.39. The molecule has 0 atom stereocenters. The van der Waals surface area contributed by atoms with Crippen molar-refractivity contribution in [1.82, 2.24) is 9.38 Å². The van der Waals surface area contributed by atoms with E-state index in [1.165, 1.54) is 32.6 Å². The van der Waals surface area contributed by atoms with Crippen molar-refractivity contribution in [2.24, 2.45) is 0 Å². The van der Waals surface area contributed by atoms with Gasteiger partial charge in [0.1, 0.15) is 13.7 Å². The third-order valence-electron chi connectivity index (χ3n) is 6.36. The van der Waals surface area contributed by atoms with E-state index in [1.54, 1.807) is 0 Å². The van der Waals surface area contributed by atoms with Crippen LogP contribution in [0.3, 0.4) is 0 Å². The van der Waals surface area contributed by atoms with Gasteiger partial charge < -0.3 is 4.40 Å². The molecule has 5 rings (SSSR count). The highest BCUT2D eigenvalue weighted by Gasteiger charge is 2.48. The van der Waals surface area contributed by atoms with Crippen LogP contribution in [0.25, 0.3) is 27.3 Å². The van der Waals surface area contributed by atoms with Crippen LogP contribution in [0, 0.1) is 0 Å². The van der Waals surface area contributed by atoms with E-state index < -0.39 is 8.07 Å². The van der Waals surface area contributed by atoms with Gasteiger partial charge in [0, 0.05) is 22.3 Å². The molecule has 3 heterocycles. The van der Waals surface area contributed by atoms with Gasteiger partial charge in [-0.2, -0.15) is 0 Å². The van der Waals surface area contributed by atoms with Crippen LogP contribution in [0.4, 0.5) is 0 Å². The first-order valence-electron chi connectivity index (χ1n) is 8.26. The van der Waals surface area contributed by atoms with Crippen molar-refractivity contribution in [3.8, 4) is 0 Å². The largest absolute Gasteiger partial charge is 0.300 e. The van der Waals surface area contributed by atoms with Crippen molar-refractivity contribution in [1.29, 1.82) is 0 Å². The van der Waals surface area contributed by atoms with Gasteiger partial charge in [-0.3, -0.25) is 0 Å². The summed E-state index contributed by atoms with van der Waals surface area (Å²) in [6.45, 7) is 9.80. The van der Waals surface area contributed by atoms with Crippen molar-refractivity contribution in [2.75, 3.05) is 0 Å². The average Bonchev–Trinajstić information content (AvgIpc) is 2.99. The Morgan fingerprint density at radius 3 is 2.39 bits per heavy atom. The zero-order valence-corrected chi connectivity index (χ0v) is 15.0. The average molecular weight is 316 g/mol. The summed E-state index contributed by atoms with van der Waals surface area (Å²) in [5.41, 5.74) is 3.96. The third-order valence-corrected chi connectivity index (χ3v) is 11.4. The van der Waals surface area contributed by atoms with Crippen LogP contribution in [0.1, 0.15) is 19.4 Å². The van der Waals surface area contributed by atoms with E-state index >= 15 is 0 Å². The molecule has 0 amide bonds. The minimum Gasteiger partial charge on any atom is -0.300 e. The van der Waals surface area contributed by atoms with Crippen LogP contribution in [0.5, 0.6) is 0 Å². The monoisotopic (exact) mass is 316 g/mol. The lowest BCUT2D eigenvalue weighted by atomic mass is 9.95. The van der Waals surface area contributed by atoms with Gasteiger partial charge in [0.25, 0.3) is 0 Å². The predicted molar refractivity (Wildman–Crippen MR) is 100 cm³/mol. The minimum absolute atomic E-state index is 0.192. The van der Waals surface area contributed by atoms with Crippen LogP contribution in [0.15, 0.2) is 48.7 Å². The first-order valence-corrected chi connectivity index (χ1v) is 11.3. The second kappa shape index (κ2) is 3.85. The summed E-state index contributed by atoms with van der Waals surface area (Å²) in [7, 11) is -1.68. The summed E-state index contributed by atoms with van der Waals surface area (Å²) >= 11 is 0. The standard InChI is InChI=1S/C20H20N2Si/c1-20(2)16-11-7-10-14-13-8-5-6-9-15(13)19-21-12-17(23(20,3)4)22(19)18(14)16/h5-12H,1-4H3. The summed E-state index contributed by atoms with van der Waals surface area (Å²) < 4.78 is 2.46. The smallest absolute Gasteiger partial charge is 0.144 e. The molecule has 114 valence electrons. The number of fused-ring (bicyclic) bond motifs is 3. The van der Waals surface area contributed by atoms with Gasteiger partial charge in [0.2, 0.25) is 0 Å². The van der Waals surface area contributed by atoms with E-state index in [2.05, 4.69) is 80.0 Å². The maximum Gasteiger partial charge on any atom is 0.144 e. The number of rotatable bonds is 0. The van der Waals surface area contributed by atoms with Crippen LogP contribution >= 0.6 is 0 Å². The Balaban J connectivity index is 2.22. The highest BCUT2D eigenvalue weighted by molar-refractivity contribution is 6.92. The lowest BCUT2D eigenvalue weighted by molar-refractivity contribution is 0.721. The first kappa shape index (κ1) is 13.3. The normalized spacial score (nSPS) is 18.3. The summed E-state index contributed by atoms with van der Waals surface area (Å²) in [5.74, 6) is 0. The van der Waals surface area contributed by atoms with Crippen molar-refractivity contribution in [2.45, 2.75) is 32.0 Å². The van der Waals surface area contributed by atoms with Crippen LogP contribution in [-0.2, 0) is 5.04 Å². The highest BCUT2D eigenvalue weighted by atomic mass is 28.3. The minimum atomic E-state index is -1.68. The highest BCUT2D eigenvalue weighted by Crippen LogP contribution is 2.43. The fourth-order valence-corrected chi connectivity index (χ4v) is 6.96. The zero-order chi connectivity index (χ0) is 16.0. The summed E-state index contributed by atoms with van der Waals surface area (Å²) in [6, 6.07) is 15.5. The Morgan fingerprint density at radius 1 is 0.913 bits per heavy atom. The molecule has 0 unspecified atom stereocenters. The SMILES string of the molecule is CC1(C)c2cccc3c4ccccc4c4ncc(n4c23)[Si]1(C)C. The van der Waals surface area contributed by atoms with Crippen molar-refractivity contribution in [3.63, 3.8) is 0 Å². The fraction of sp³-hybridized carbons (Fsp3) is 0.250. The Labute approximate surface area is 136 Å². The lowest BCUT2D eigenvalue weighted by Gasteiger charge is -2.44. The van der Waals surface area contributed by atoms with Gasteiger partial charge in [-0.1, -0.05) is 69.4 Å². The Morgan fingerprint density at radius 2 is 1.61 bits per heavy atom. The summed E-state index contributed by atoms with van der Waals surface area (Å²) in [6.07, 6.45) is 2.14. The Hall–Kier alpha value is -2.13. The van der Waals surface area contributed by atoms with E-state index in [4.69, 9.17) is 4.98 Å². The van der Waals surface area contributed by atoms with Gasteiger partial charge in [-0.05, 0) is 16.0 Å². The molecule has 0 fully saturated rings. The maximum atomic E-state index is 4.86. The van der Waals surface area contributed by atoms with Gasteiger partial charge >= 0.3 is 0 Å². The molecule has 0 aliphatic carbocycles. The fourth-order valence-electron chi connectivity index (χ4n) is 4.28. The molecular formula is C20H20N2Si. The molecule has 1 aliphatic rings. The topological polar surface area (TPSA) is 17.3 Å². The number of benzene rings is 2. The number of pyridine rings is 1. The lowest BCUT2D eigenvalue weighted by Crippen LogP contribution is -2.60. The molecule has 0 bridgehead atoms. The van der Waals surface area contributed by atoms with Crippen molar-refractivity contribution in [3.05, 3.63) is 54.2 Å². The summed E-state index contributed by atoms with van der Waals surface area (Å²) in [4.78, 5) is 4.86. The van der Waals surface area contributed by atoms with E-state index in [0.29, 0.717) is 0 Å². The number of hydrogen-bond donors (Lipinski definition) is 0. The molecule has 2 aromatic heterocycles. The molecule has 2 nitrogen and oxygen atoms in total. The van der Waals surface area contributed by atoms with Gasteiger partial charge in [-0.25, -0.2) is 4.98 Å². The van der Waals surface area contributed by atoms with E-state index in [-0.39, 0.29) is 5.04 Å². The molecule has 0 saturated heterocycles. The Kier molecular flexibility index (Phi) is 2.23. The maximum absolute atomic E-state index is 4.86. The number of para-hydroxylation sites is 1. The third kappa shape index (κ3) is 1.34. The molecule has 2 aromatic carbocycles. The molecule has 4 aromatic rings. The van der Waals surface area contributed by atoms with Gasteiger partial charge in [-0.15, -0.1) is 0 Å². The molecule has 1 aliphatic heterocycles. The number of nitrogens with zero attached hydrogens (tertiary/aromatic N) is 2. The molecular weight excluding hydrogens is 296 g/mol. The molecule has 0 saturated carbocycles.